The lowest BCUT2D eigenvalue weighted by Gasteiger charge is -2.31. The lowest BCUT2D eigenvalue weighted by atomic mass is 9.80. The minimum atomic E-state index is -0.112. The number of hydrogen-bond acceptors (Lipinski definition) is 4. The molecule has 6 heteroatoms. The molecule has 3 heterocycles. The molecule has 1 unspecified atom stereocenters. The molecule has 25 heavy (non-hydrogen) atoms. The van der Waals surface area contributed by atoms with Gasteiger partial charge in [-0.1, -0.05) is 12.5 Å². The summed E-state index contributed by atoms with van der Waals surface area (Å²) in [6.07, 6.45) is 6.98. The van der Waals surface area contributed by atoms with E-state index in [-0.39, 0.29) is 11.9 Å². The summed E-state index contributed by atoms with van der Waals surface area (Å²) in [7, 11) is 0. The maximum absolute atomic E-state index is 12.7. The number of nitrogens with zero attached hydrogens (tertiary/aromatic N) is 4. The Bertz CT molecular complexity index is 914. The van der Waals surface area contributed by atoms with E-state index in [9.17, 15) is 4.79 Å². The van der Waals surface area contributed by atoms with E-state index < -0.39 is 0 Å². The summed E-state index contributed by atoms with van der Waals surface area (Å²) < 4.78 is 1.70. The molecule has 3 aromatic heterocycles. The zero-order valence-corrected chi connectivity index (χ0v) is 14.4. The molecule has 1 saturated carbocycles. The van der Waals surface area contributed by atoms with E-state index in [0.29, 0.717) is 17.1 Å². The summed E-state index contributed by atoms with van der Waals surface area (Å²) in [5.41, 5.74) is 3.51. The topological polar surface area (TPSA) is 72.2 Å². The van der Waals surface area contributed by atoms with Crippen molar-refractivity contribution in [2.45, 2.75) is 39.2 Å². The monoisotopic (exact) mass is 335 g/mol. The van der Waals surface area contributed by atoms with Crippen molar-refractivity contribution in [3.8, 4) is 11.4 Å². The molecule has 1 amide bonds. The molecule has 1 fully saturated rings. The first kappa shape index (κ1) is 15.7. The number of pyridine rings is 1. The van der Waals surface area contributed by atoms with Crippen LogP contribution in [0, 0.1) is 12.8 Å². The zero-order chi connectivity index (χ0) is 17.4. The van der Waals surface area contributed by atoms with Gasteiger partial charge in [-0.05, 0) is 50.8 Å². The second kappa shape index (κ2) is 6.27. The lowest BCUT2D eigenvalue weighted by molar-refractivity contribution is 0.0911. The zero-order valence-electron chi connectivity index (χ0n) is 14.4. The smallest absolute Gasteiger partial charge is 0.256 e. The molecule has 1 N–H and O–H groups in total. The molecule has 3 aromatic rings. The van der Waals surface area contributed by atoms with Crippen LogP contribution in [0.15, 0.2) is 36.7 Å². The maximum Gasteiger partial charge on any atom is 0.256 e. The van der Waals surface area contributed by atoms with E-state index in [2.05, 4.69) is 27.3 Å². The Morgan fingerprint density at radius 1 is 1.32 bits per heavy atom. The van der Waals surface area contributed by atoms with Crippen molar-refractivity contribution in [2.24, 2.45) is 5.92 Å². The summed E-state index contributed by atoms with van der Waals surface area (Å²) in [4.78, 5) is 21.7. The van der Waals surface area contributed by atoms with Gasteiger partial charge in [-0.25, -0.2) is 9.50 Å². The van der Waals surface area contributed by atoms with Crippen molar-refractivity contribution in [1.29, 1.82) is 0 Å². The Hall–Kier alpha value is -2.76. The van der Waals surface area contributed by atoms with Gasteiger partial charge in [0, 0.05) is 17.9 Å². The van der Waals surface area contributed by atoms with Crippen LogP contribution in [-0.4, -0.2) is 31.5 Å². The second-order valence-corrected chi connectivity index (χ2v) is 6.74. The predicted octanol–water partition coefficient (Wildman–Crippen LogP) is 3.02. The molecule has 1 atom stereocenters. The van der Waals surface area contributed by atoms with Crippen LogP contribution in [0.4, 0.5) is 0 Å². The van der Waals surface area contributed by atoms with Crippen molar-refractivity contribution in [1.82, 2.24) is 24.9 Å². The quantitative estimate of drug-likeness (QED) is 0.795. The first-order valence-electron chi connectivity index (χ1n) is 8.71. The van der Waals surface area contributed by atoms with Crippen LogP contribution in [0.25, 0.3) is 17.0 Å². The van der Waals surface area contributed by atoms with E-state index in [4.69, 9.17) is 0 Å². The van der Waals surface area contributed by atoms with Gasteiger partial charge in [-0.2, -0.15) is 5.10 Å². The molecule has 0 aromatic carbocycles. The maximum atomic E-state index is 12.7. The number of aryl methyl sites for hydroxylation is 1. The van der Waals surface area contributed by atoms with Crippen LogP contribution in [0.3, 0.4) is 0 Å². The molecule has 0 bridgehead atoms. The van der Waals surface area contributed by atoms with Crippen molar-refractivity contribution >= 4 is 11.6 Å². The highest BCUT2D eigenvalue weighted by molar-refractivity contribution is 6.00. The van der Waals surface area contributed by atoms with E-state index in [1.807, 2.05) is 31.2 Å². The number of hydrogen-bond donors (Lipinski definition) is 1. The van der Waals surface area contributed by atoms with Crippen LogP contribution in [0.2, 0.25) is 0 Å². The Morgan fingerprint density at radius 3 is 2.84 bits per heavy atom. The molecule has 1 aliphatic carbocycles. The Kier molecular flexibility index (Phi) is 3.95. The fourth-order valence-electron chi connectivity index (χ4n) is 3.26. The van der Waals surface area contributed by atoms with Gasteiger partial charge in [-0.3, -0.25) is 9.78 Å². The van der Waals surface area contributed by atoms with Crippen molar-refractivity contribution in [2.75, 3.05) is 0 Å². The van der Waals surface area contributed by atoms with E-state index in [1.165, 1.54) is 19.3 Å². The minimum absolute atomic E-state index is 0.112. The molecule has 0 saturated heterocycles. The van der Waals surface area contributed by atoms with Crippen molar-refractivity contribution in [3.63, 3.8) is 0 Å². The molecule has 4 rings (SSSR count). The fraction of sp³-hybridized carbons (Fsp3) is 0.368. The molecular weight excluding hydrogens is 314 g/mol. The number of fused-ring (bicyclic) bond motifs is 1. The average Bonchev–Trinajstić information content (AvgIpc) is 2.98. The standard InChI is InChI=1S/C19H21N5O/c1-12-10-17(16-8-3-4-9-20-16)23-18-15(11-21-24(12)18)19(25)22-13(2)14-6-5-7-14/h3-4,8-11,13-14H,5-7H2,1-2H3,(H,22,25). The van der Waals surface area contributed by atoms with Gasteiger partial charge in [0.2, 0.25) is 0 Å². The molecule has 0 spiro atoms. The van der Waals surface area contributed by atoms with Crippen LogP contribution in [-0.2, 0) is 0 Å². The molecule has 0 aliphatic heterocycles. The van der Waals surface area contributed by atoms with E-state index in [1.54, 1.807) is 16.9 Å². The molecular formula is C19H21N5O. The number of aromatic nitrogens is 4. The predicted molar refractivity (Wildman–Crippen MR) is 95.2 cm³/mol. The molecule has 1 aliphatic rings. The SMILES string of the molecule is Cc1cc(-c2ccccn2)nc2c(C(=O)NC(C)C3CCC3)cnn12. The van der Waals surface area contributed by atoms with Crippen LogP contribution < -0.4 is 5.32 Å². The summed E-state index contributed by atoms with van der Waals surface area (Å²) in [6, 6.07) is 7.81. The molecule has 128 valence electrons. The third-order valence-corrected chi connectivity index (χ3v) is 5.04. The van der Waals surface area contributed by atoms with Crippen LogP contribution in [0.1, 0.15) is 42.2 Å². The fourth-order valence-corrected chi connectivity index (χ4v) is 3.26. The number of nitrogens with one attached hydrogen (secondary N) is 1. The highest BCUT2D eigenvalue weighted by atomic mass is 16.1. The van der Waals surface area contributed by atoms with Gasteiger partial charge in [0.15, 0.2) is 5.65 Å². The Labute approximate surface area is 146 Å². The van der Waals surface area contributed by atoms with Crippen LogP contribution >= 0.6 is 0 Å². The lowest BCUT2D eigenvalue weighted by Crippen LogP contribution is -2.40. The first-order valence-corrected chi connectivity index (χ1v) is 8.71. The minimum Gasteiger partial charge on any atom is -0.349 e. The average molecular weight is 335 g/mol. The van der Waals surface area contributed by atoms with Gasteiger partial charge in [0.25, 0.3) is 5.91 Å². The highest BCUT2D eigenvalue weighted by Gasteiger charge is 2.26. The van der Waals surface area contributed by atoms with E-state index >= 15 is 0 Å². The first-order chi connectivity index (χ1) is 12.1. The summed E-state index contributed by atoms with van der Waals surface area (Å²) >= 11 is 0. The van der Waals surface area contributed by atoms with Gasteiger partial charge in [0.05, 0.1) is 17.6 Å². The summed E-state index contributed by atoms with van der Waals surface area (Å²) in [5.74, 6) is 0.476. The normalized spacial score (nSPS) is 15.8. The number of carbonyl (C=O) groups excluding carboxylic acids is 1. The summed E-state index contributed by atoms with van der Waals surface area (Å²) in [6.45, 7) is 4.03. The van der Waals surface area contributed by atoms with Gasteiger partial charge in [-0.15, -0.1) is 0 Å². The van der Waals surface area contributed by atoms with Gasteiger partial charge < -0.3 is 5.32 Å². The molecule has 6 nitrogen and oxygen atoms in total. The third-order valence-electron chi connectivity index (χ3n) is 5.04. The number of amides is 1. The Morgan fingerprint density at radius 2 is 2.16 bits per heavy atom. The van der Waals surface area contributed by atoms with Crippen molar-refractivity contribution < 1.29 is 4.79 Å². The highest BCUT2D eigenvalue weighted by Crippen LogP contribution is 2.29. The van der Waals surface area contributed by atoms with E-state index in [0.717, 1.165) is 17.1 Å². The molecule has 0 radical (unpaired) electrons. The van der Waals surface area contributed by atoms with Crippen molar-refractivity contribution in [3.05, 3.63) is 47.9 Å². The number of carbonyl (C=O) groups is 1. The summed E-state index contributed by atoms with van der Waals surface area (Å²) in [5, 5.41) is 7.44. The largest absolute Gasteiger partial charge is 0.349 e. The Balaban J connectivity index is 1.69. The van der Waals surface area contributed by atoms with Crippen LogP contribution in [0.5, 0.6) is 0 Å². The van der Waals surface area contributed by atoms with Gasteiger partial charge >= 0.3 is 0 Å². The third kappa shape index (κ3) is 2.88. The van der Waals surface area contributed by atoms with Gasteiger partial charge in [0.1, 0.15) is 5.56 Å². The number of rotatable bonds is 4. The second-order valence-electron chi connectivity index (χ2n) is 6.74.